The number of aromatic amines is 1. The molecule has 0 spiro atoms. The van der Waals surface area contributed by atoms with E-state index in [4.69, 9.17) is 5.73 Å². The Hall–Kier alpha value is -1.76. The summed E-state index contributed by atoms with van der Waals surface area (Å²) in [4.78, 5) is 1.50. The number of hydrogen-bond donors (Lipinski definition) is 2. The van der Waals surface area contributed by atoms with E-state index < -0.39 is 0 Å². The molecular weight excluding hydrogens is 182 g/mol. The Kier molecular flexibility index (Phi) is 2.23. The van der Waals surface area contributed by atoms with Crippen molar-refractivity contribution >= 4 is 0 Å². The van der Waals surface area contributed by atoms with Crippen LogP contribution in [0.3, 0.4) is 0 Å². The van der Waals surface area contributed by atoms with E-state index in [0.717, 1.165) is 11.4 Å². The molecule has 0 aromatic carbocycles. The molecule has 3 N–H and O–H groups in total. The molecule has 0 saturated heterocycles. The van der Waals surface area contributed by atoms with Crippen molar-refractivity contribution in [2.75, 3.05) is 0 Å². The number of nitrogens with two attached hydrogens (primary N) is 1. The molecular formula is C7H11N7. The van der Waals surface area contributed by atoms with Gasteiger partial charge in [0.05, 0.1) is 29.8 Å². The Labute approximate surface area is 80.3 Å². The number of rotatable bonds is 3. The molecule has 74 valence electrons. The van der Waals surface area contributed by atoms with Crippen LogP contribution in [-0.2, 0) is 13.5 Å². The van der Waals surface area contributed by atoms with E-state index in [1.807, 2.05) is 0 Å². The molecule has 1 atom stereocenters. The van der Waals surface area contributed by atoms with E-state index >= 15 is 0 Å². The summed E-state index contributed by atoms with van der Waals surface area (Å²) in [6.45, 7) is 0. The van der Waals surface area contributed by atoms with E-state index in [0.29, 0.717) is 6.42 Å². The molecule has 2 rings (SSSR count). The molecule has 0 saturated carbocycles. The second-order valence-electron chi connectivity index (χ2n) is 3.03. The molecule has 0 radical (unpaired) electrons. The first-order valence-electron chi connectivity index (χ1n) is 4.22. The van der Waals surface area contributed by atoms with Gasteiger partial charge in [0.1, 0.15) is 0 Å². The molecule has 0 bridgehead atoms. The highest BCUT2D eigenvalue weighted by Gasteiger charge is 2.11. The quantitative estimate of drug-likeness (QED) is 0.663. The summed E-state index contributed by atoms with van der Waals surface area (Å²) in [5.41, 5.74) is 7.46. The zero-order valence-corrected chi connectivity index (χ0v) is 7.75. The van der Waals surface area contributed by atoms with Gasteiger partial charge in [0.2, 0.25) is 0 Å². The summed E-state index contributed by atoms with van der Waals surface area (Å²) in [6, 6.07) is -0.189. The van der Waals surface area contributed by atoms with Crippen LogP contribution in [0.15, 0.2) is 12.4 Å². The number of aryl methyl sites for hydroxylation is 1. The molecule has 7 nitrogen and oxygen atoms in total. The van der Waals surface area contributed by atoms with Crippen LogP contribution < -0.4 is 5.73 Å². The number of nitrogens with one attached hydrogen (secondary N) is 1. The number of aromatic nitrogens is 6. The maximum atomic E-state index is 5.88. The molecule has 2 aromatic heterocycles. The van der Waals surface area contributed by atoms with E-state index in [1.54, 1.807) is 19.4 Å². The fraction of sp³-hybridized carbons (Fsp3) is 0.429. The van der Waals surface area contributed by atoms with Crippen molar-refractivity contribution in [1.29, 1.82) is 0 Å². The van der Waals surface area contributed by atoms with Gasteiger partial charge in [-0.3, -0.25) is 0 Å². The van der Waals surface area contributed by atoms with Crippen molar-refractivity contribution in [3.8, 4) is 0 Å². The zero-order chi connectivity index (χ0) is 9.97. The summed E-state index contributed by atoms with van der Waals surface area (Å²) < 4.78 is 0. The lowest BCUT2D eigenvalue weighted by molar-refractivity contribution is 0.624. The summed E-state index contributed by atoms with van der Waals surface area (Å²) in [5.74, 6) is 0. The van der Waals surface area contributed by atoms with Crippen molar-refractivity contribution in [3.63, 3.8) is 0 Å². The second kappa shape index (κ2) is 3.54. The summed E-state index contributed by atoms with van der Waals surface area (Å²) >= 11 is 0. The van der Waals surface area contributed by atoms with Crippen LogP contribution in [0.2, 0.25) is 0 Å². The first-order chi connectivity index (χ1) is 6.75. The highest BCUT2D eigenvalue weighted by Crippen LogP contribution is 2.09. The average Bonchev–Trinajstić information content (AvgIpc) is 2.75. The molecule has 0 aliphatic rings. The smallest absolute Gasteiger partial charge is 0.0995 e. The zero-order valence-electron chi connectivity index (χ0n) is 7.75. The van der Waals surface area contributed by atoms with Crippen LogP contribution >= 0.6 is 0 Å². The fourth-order valence-corrected chi connectivity index (χ4v) is 1.20. The van der Waals surface area contributed by atoms with Crippen LogP contribution in [0.1, 0.15) is 17.4 Å². The van der Waals surface area contributed by atoms with Gasteiger partial charge in [-0.05, 0) is 0 Å². The van der Waals surface area contributed by atoms with Crippen LogP contribution in [0.5, 0.6) is 0 Å². The maximum Gasteiger partial charge on any atom is 0.0995 e. The van der Waals surface area contributed by atoms with Crippen LogP contribution in [0.4, 0.5) is 0 Å². The van der Waals surface area contributed by atoms with E-state index in [1.165, 1.54) is 4.80 Å². The summed E-state index contributed by atoms with van der Waals surface area (Å²) in [7, 11) is 1.77. The third-order valence-electron chi connectivity index (χ3n) is 1.89. The predicted octanol–water partition coefficient (Wildman–Crippen LogP) is -0.824. The van der Waals surface area contributed by atoms with Gasteiger partial charge in [0.15, 0.2) is 0 Å². The topological polar surface area (TPSA) is 98.3 Å². The van der Waals surface area contributed by atoms with Crippen molar-refractivity contribution in [2.24, 2.45) is 12.8 Å². The molecule has 1 unspecified atom stereocenters. The lowest BCUT2D eigenvalue weighted by Crippen LogP contribution is -2.14. The fourth-order valence-electron chi connectivity index (χ4n) is 1.20. The lowest BCUT2D eigenvalue weighted by atomic mass is 10.1. The van der Waals surface area contributed by atoms with Gasteiger partial charge in [-0.15, -0.1) is 0 Å². The van der Waals surface area contributed by atoms with Crippen molar-refractivity contribution < 1.29 is 0 Å². The van der Waals surface area contributed by atoms with Gasteiger partial charge in [0.25, 0.3) is 0 Å². The van der Waals surface area contributed by atoms with Crippen molar-refractivity contribution in [1.82, 2.24) is 30.4 Å². The maximum absolute atomic E-state index is 5.88. The average molecular weight is 193 g/mol. The number of H-pyrrole nitrogens is 1. The monoisotopic (exact) mass is 193 g/mol. The third-order valence-corrected chi connectivity index (χ3v) is 1.89. The van der Waals surface area contributed by atoms with Gasteiger partial charge in [-0.1, -0.05) is 0 Å². The molecule has 0 fully saturated rings. The Balaban J connectivity index is 2.05. The standard InChI is InChI=1S/C7H11N7/c1-14-10-3-5(12-14)2-6(8)7-4-9-13-11-7/h3-4,6H,2,8H2,1H3,(H,9,11,13). The minimum Gasteiger partial charge on any atom is -0.322 e. The van der Waals surface area contributed by atoms with E-state index in [2.05, 4.69) is 25.6 Å². The molecule has 7 heteroatoms. The molecule has 0 amide bonds. The molecule has 2 aromatic rings. The molecule has 14 heavy (non-hydrogen) atoms. The normalized spacial score (nSPS) is 13.0. The first-order valence-corrected chi connectivity index (χ1v) is 4.22. The summed E-state index contributed by atoms with van der Waals surface area (Å²) in [6.07, 6.45) is 3.92. The van der Waals surface area contributed by atoms with Crippen molar-refractivity contribution in [2.45, 2.75) is 12.5 Å². The van der Waals surface area contributed by atoms with Gasteiger partial charge in [-0.2, -0.15) is 30.4 Å². The molecule has 2 heterocycles. The number of nitrogens with zero attached hydrogens (tertiary/aromatic N) is 5. The first kappa shape index (κ1) is 8.82. The van der Waals surface area contributed by atoms with E-state index in [9.17, 15) is 0 Å². The largest absolute Gasteiger partial charge is 0.322 e. The Morgan fingerprint density at radius 1 is 1.57 bits per heavy atom. The Morgan fingerprint density at radius 2 is 2.43 bits per heavy atom. The SMILES string of the molecule is Cn1ncc(CC(N)c2cn[nH]n2)n1. The van der Waals surface area contributed by atoms with Gasteiger partial charge < -0.3 is 5.73 Å². The van der Waals surface area contributed by atoms with Crippen LogP contribution in [-0.4, -0.2) is 30.4 Å². The highest BCUT2D eigenvalue weighted by atomic mass is 15.4. The number of hydrogen-bond acceptors (Lipinski definition) is 5. The van der Waals surface area contributed by atoms with Gasteiger partial charge in [-0.25, -0.2) is 0 Å². The third kappa shape index (κ3) is 1.77. The van der Waals surface area contributed by atoms with Crippen molar-refractivity contribution in [3.05, 3.63) is 23.8 Å². The van der Waals surface area contributed by atoms with Crippen LogP contribution in [0, 0.1) is 0 Å². The molecule has 0 aliphatic carbocycles. The van der Waals surface area contributed by atoms with Gasteiger partial charge >= 0.3 is 0 Å². The lowest BCUT2D eigenvalue weighted by Gasteiger charge is -2.03. The predicted molar refractivity (Wildman–Crippen MR) is 48.0 cm³/mol. The minimum atomic E-state index is -0.189. The highest BCUT2D eigenvalue weighted by molar-refractivity contribution is 5.04. The molecule has 0 aliphatic heterocycles. The second-order valence-corrected chi connectivity index (χ2v) is 3.03. The minimum absolute atomic E-state index is 0.189. The summed E-state index contributed by atoms with van der Waals surface area (Å²) in [5, 5.41) is 18.2. The van der Waals surface area contributed by atoms with Gasteiger partial charge in [0, 0.05) is 13.5 Å². The van der Waals surface area contributed by atoms with Crippen LogP contribution in [0.25, 0.3) is 0 Å². The Bertz CT molecular complexity index is 390. The van der Waals surface area contributed by atoms with E-state index in [-0.39, 0.29) is 6.04 Å². The Morgan fingerprint density at radius 3 is 3.00 bits per heavy atom.